The van der Waals surface area contributed by atoms with Crippen molar-refractivity contribution in [2.45, 2.75) is 23.8 Å². The molecule has 3 atom stereocenters. The van der Waals surface area contributed by atoms with Crippen LogP contribution in [0.2, 0.25) is 0 Å². The van der Waals surface area contributed by atoms with Crippen molar-refractivity contribution in [2.24, 2.45) is 10.8 Å². The summed E-state index contributed by atoms with van der Waals surface area (Å²) >= 11 is 3.07. The maximum Gasteiger partial charge on any atom is 0.332 e. The lowest BCUT2D eigenvalue weighted by molar-refractivity contribution is -0.134. The van der Waals surface area contributed by atoms with Crippen molar-refractivity contribution in [1.29, 1.82) is 0 Å². The van der Waals surface area contributed by atoms with Crippen molar-refractivity contribution in [2.75, 3.05) is 17.5 Å². The predicted octanol–water partition coefficient (Wildman–Crippen LogP) is 0.782. The van der Waals surface area contributed by atoms with Crippen LogP contribution in [-0.4, -0.2) is 63.7 Å². The highest BCUT2D eigenvalue weighted by Gasteiger charge is 2.43. The zero-order valence-corrected chi connectivity index (χ0v) is 17.2. The second kappa shape index (κ2) is 8.60. The van der Waals surface area contributed by atoms with Crippen molar-refractivity contribution in [3.8, 4) is 0 Å². The number of Topliss-reactive ketones (excluding diaryl/α,β-unsaturated/α-hetero) is 1. The zero-order chi connectivity index (χ0) is 20.4. The van der Waals surface area contributed by atoms with Crippen LogP contribution in [0.5, 0.6) is 0 Å². The van der Waals surface area contributed by atoms with Gasteiger partial charge in [-0.1, -0.05) is 24.3 Å². The normalized spacial score (nSPS) is 25.9. The average Bonchev–Trinajstić information content (AvgIpc) is 3.44. The molecule has 4 rings (SSSR count). The van der Waals surface area contributed by atoms with Gasteiger partial charge in [0.1, 0.15) is 6.04 Å². The number of primary amides is 1. The molecule has 29 heavy (non-hydrogen) atoms. The summed E-state index contributed by atoms with van der Waals surface area (Å²) in [7, 11) is 0. The molecule has 0 saturated carbocycles. The molecule has 0 bridgehead atoms. The first kappa shape index (κ1) is 20.0. The Balaban J connectivity index is 1.45. The van der Waals surface area contributed by atoms with Gasteiger partial charge in [0.15, 0.2) is 5.78 Å². The van der Waals surface area contributed by atoms with E-state index in [1.165, 1.54) is 18.0 Å². The lowest BCUT2D eigenvalue weighted by atomic mass is 10.0. The number of nitrogens with two attached hydrogens (primary N) is 1. The molecule has 0 spiro atoms. The zero-order valence-electron chi connectivity index (χ0n) is 15.5. The first-order valence-corrected chi connectivity index (χ1v) is 11.4. The van der Waals surface area contributed by atoms with Crippen LogP contribution in [0.4, 0.5) is 4.79 Å². The molecule has 1 aromatic rings. The van der Waals surface area contributed by atoms with E-state index in [4.69, 9.17) is 5.73 Å². The highest BCUT2D eigenvalue weighted by atomic mass is 32.2. The molecule has 4 N–H and O–H groups in total. The Hall–Kier alpha value is -2.30. The molecule has 3 amide bonds. The third-order valence-corrected chi connectivity index (χ3v) is 7.32. The molecular weight excluding hydrogens is 410 g/mol. The number of benzene rings is 1. The number of nitrogens with zero attached hydrogens (tertiary/aromatic N) is 2. The Morgan fingerprint density at radius 2 is 2.14 bits per heavy atom. The number of amides is 3. The van der Waals surface area contributed by atoms with Crippen LogP contribution in [0.3, 0.4) is 0 Å². The second-order valence-corrected chi connectivity index (χ2v) is 9.08. The van der Waals surface area contributed by atoms with E-state index in [1.807, 2.05) is 30.3 Å². The second-order valence-electron chi connectivity index (χ2n) is 6.95. The number of carbonyl (C=O) groups excluding carboxylic acids is 3. The van der Waals surface area contributed by atoms with E-state index < -0.39 is 17.3 Å². The molecule has 2 saturated heterocycles. The Bertz CT molecular complexity index is 904. The number of hydrazone groups is 1. The lowest BCUT2D eigenvalue weighted by Gasteiger charge is -2.26. The summed E-state index contributed by atoms with van der Waals surface area (Å²) in [5.74, 6) is 1.64. The van der Waals surface area contributed by atoms with Gasteiger partial charge in [0.2, 0.25) is 5.91 Å². The number of ketones is 1. The molecule has 3 aliphatic rings. The van der Waals surface area contributed by atoms with Crippen molar-refractivity contribution in [3.63, 3.8) is 0 Å². The Kier molecular flexibility index (Phi) is 5.93. The van der Waals surface area contributed by atoms with Gasteiger partial charge in [-0.15, -0.1) is 23.5 Å². The monoisotopic (exact) mass is 431 g/mol. The van der Waals surface area contributed by atoms with Gasteiger partial charge in [-0.2, -0.15) is 5.10 Å². The third-order valence-electron chi connectivity index (χ3n) is 5.10. The van der Waals surface area contributed by atoms with Crippen LogP contribution in [0, 0.1) is 0 Å². The van der Waals surface area contributed by atoms with E-state index in [1.54, 1.807) is 16.7 Å². The van der Waals surface area contributed by atoms with Crippen LogP contribution in [0.25, 0.3) is 6.08 Å². The fourth-order valence-corrected chi connectivity index (χ4v) is 5.96. The summed E-state index contributed by atoms with van der Waals surface area (Å²) in [4.78, 5) is 38.8. The van der Waals surface area contributed by atoms with E-state index in [9.17, 15) is 14.4 Å². The van der Waals surface area contributed by atoms with Gasteiger partial charge < -0.3 is 10.6 Å². The Labute approximate surface area is 176 Å². The third kappa shape index (κ3) is 4.19. The molecule has 2 heterocycles. The fraction of sp³-hybridized carbons (Fsp3) is 0.368. The van der Waals surface area contributed by atoms with Gasteiger partial charge in [-0.3, -0.25) is 14.9 Å². The average molecular weight is 432 g/mol. The van der Waals surface area contributed by atoms with Crippen molar-refractivity contribution in [1.82, 2.24) is 15.6 Å². The highest BCUT2D eigenvalue weighted by Crippen LogP contribution is 2.32. The van der Waals surface area contributed by atoms with Crippen LogP contribution in [0.15, 0.2) is 34.9 Å². The molecule has 0 radical (unpaired) electrons. The van der Waals surface area contributed by atoms with Crippen LogP contribution >= 0.6 is 23.5 Å². The molecule has 1 unspecified atom stereocenters. The minimum atomic E-state index is -0.755. The molecule has 2 fully saturated rings. The summed E-state index contributed by atoms with van der Waals surface area (Å²) in [5.41, 5.74) is 10.1. The van der Waals surface area contributed by atoms with Gasteiger partial charge in [0.25, 0.3) is 0 Å². The number of carbonyl (C=O) groups is 3. The molecule has 1 aliphatic carbocycles. The Morgan fingerprint density at radius 3 is 2.93 bits per heavy atom. The SMILES string of the molecule is NC(=O)NN=C[C@@H]1CSCN1C(=O)[C@H]1NCSC1C(=O)C1=Cc2ccccc2C1. The summed E-state index contributed by atoms with van der Waals surface area (Å²) in [5, 5.41) is 6.53. The van der Waals surface area contributed by atoms with E-state index in [0.717, 1.165) is 16.7 Å². The lowest BCUT2D eigenvalue weighted by Crippen LogP contribution is -2.52. The van der Waals surface area contributed by atoms with E-state index in [2.05, 4.69) is 15.8 Å². The summed E-state index contributed by atoms with van der Waals surface area (Å²) in [6.45, 7) is 0. The van der Waals surface area contributed by atoms with E-state index in [-0.39, 0.29) is 17.7 Å². The number of hydrogen-bond acceptors (Lipinski definition) is 7. The van der Waals surface area contributed by atoms with Crippen LogP contribution < -0.4 is 16.5 Å². The summed E-state index contributed by atoms with van der Waals surface area (Å²) in [6.07, 6.45) is 4.06. The standard InChI is InChI=1S/C19H21N5O3S2/c20-19(27)23-22-7-14-8-28-10-24(14)18(26)15-17(29-9-21-15)16(25)13-5-11-3-1-2-4-12(11)6-13/h1-5,7,14-15,17,21H,6,8-10H2,(H3,20,23,27)/t14-,15+,17?/m1/s1. The van der Waals surface area contributed by atoms with Crippen LogP contribution in [0.1, 0.15) is 11.1 Å². The molecular formula is C19H21N5O3S2. The summed E-state index contributed by atoms with van der Waals surface area (Å²) in [6, 6.07) is 6.38. The van der Waals surface area contributed by atoms with Crippen LogP contribution in [-0.2, 0) is 16.0 Å². The Morgan fingerprint density at radius 1 is 1.31 bits per heavy atom. The van der Waals surface area contributed by atoms with E-state index >= 15 is 0 Å². The smallest absolute Gasteiger partial charge is 0.332 e. The number of urea groups is 1. The molecule has 0 aromatic heterocycles. The largest absolute Gasteiger partial charge is 0.350 e. The molecule has 1 aromatic carbocycles. The van der Waals surface area contributed by atoms with Gasteiger partial charge in [0.05, 0.1) is 17.2 Å². The van der Waals surface area contributed by atoms with Crippen molar-refractivity contribution < 1.29 is 14.4 Å². The topological polar surface area (TPSA) is 117 Å². The molecule has 152 valence electrons. The first-order chi connectivity index (χ1) is 14.0. The van der Waals surface area contributed by atoms with Gasteiger partial charge in [-0.25, -0.2) is 10.2 Å². The minimum absolute atomic E-state index is 0.0158. The van der Waals surface area contributed by atoms with Gasteiger partial charge in [-0.05, 0) is 17.2 Å². The fourth-order valence-electron chi connectivity index (χ4n) is 3.67. The number of hydrogen-bond donors (Lipinski definition) is 3. The predicted molar refractivity (Wildman–Crippen MR) is 115 cm³/mol. The number of fused-ring (bicyclic) bond motifs is 1. The number of rotatable bonds is 5. The first-order valence-electron chi connectivity index (χ1n) is 9.19. The van der Waals surface area contributed by atoms with Crippen molar-refractivity contribution >= 4 is 53.5 Å². The molecule has 8 nitrogen and oxygen atoms in total. The number of allylic oxidation sites excluding steroid dienone is 1. The molecule has 10 heteroatoms. The minimum Gasteiger partial charge on any atom is -0.350 e. The summed E-state index contributed by atoms with van der Waals surface area (Å²) < 4.78 is 0. The highest BCUT2D eigenvalue weighted by molar-refractivity contribution is 8.01. The van der Waals surface area contributed by atoms with Gasteiger partial charge >= 0.3 is 6.03 Å². The van der Waals surface area contributed by atoms with Gasteiger partial charge in [0, 0.05) is 29.8 Å². The molecule has 2 aliphatic heterocycles. The van der Waals surface area contributed by atoms with E-state index in [0.29, 0.717) is 23.9 Å². The maximum absolute atomic E-state index is 13.2. The van der Waals surface area contributed by atoms with Crippen molar-refractivity contribution in [3.05, 3.63) is 41.0 Å². The number of thioether (sulfide) groups is 2. The quantitative estimate of drug-likeness (QED) is 0.469. The maximum atomic E-state index is 13.2. The number of nitrogens with one attached hydrogen (secondary N) is 2.